The number of ether oxygens (including phenoxy) is 3. The fraction of sp³-hybridized carbons (Fsp3) is 0.364. The second kappa shape index (κ2) is 8.39. The first kappa shape index (κ1) is 19.7. The number of aromatic nitrogens is 1. The van der Waals surface area contributed by atoms with Crippen molar-refractivity contribution >= 4 is 27.5 Å². The van der Waals surface area contributed by atoms with Crippen molar-refractivity contribution in [1.82, 2.24) is 4.57 Å². The molecule has 0 bridgehead atoms. The molecule has 1 unspecified atom stereocenters. The van der Waals surface area contributed by atoms with Crippen LogP contribution >= 0.6 is 11.3 Å². The van der Waals surface area contributed by atoms with E-state index >= 15 is 0 Å². The van der Waals surface area contributed by atoms with Crippen LogP contribution in [0.5, 0.6) is 11.5 Å². The molecule has 4 rings (SSSR count). The summed E-state index contributed by atoms with van der Waals surface area (Å²) in [6.45, 7) is 8.13. The number of thiazole rings is 1. The van der Waals surface area contributed by atoms with E-state index in [-0.39, 0.29) is 12.5 Å². The molecule has 1 aliphatic rings. The fourth-order valence-corrected chi connectivity index (χ4v) is 4.73. The highest BCUT2D eigenvalue weighted by Crippen LogP contribution is 2.31. The molecule has 0 aliphatic carbocycles. The molecule has 2 heterocycles. The lowest BCUT2D eigenvalue weighted by molar-refractivity contribution is -0.127. The lowest BCUT2D eigenvalue weighted by Crippen LogP contribution is -2.37. The molecular weight excluding hydrogens is 388 g/mol. The third-order valence-corrected chi connectivity index (χ3v) is 5.79. The van der Waals surface area contributed by atoms with E-state index in [0.717, 1.165) is 15.8 Å². The number of amides is 1. The van der Waals surface area contributed by atoms with E-state index in [9.17, 15) is 4.79 Å². The largest absolute Gasteiger partial charge is 0.485 e. The monoisotopic (exact) mass is 412 g/mol. The summed E-state index contributed by atoms with van der Waals surface area (Å²) in [5, 5.41) is 0. The number of nitrogens with zero attached hydrogens (tertiary/aromatic N) is 2. The Kier molecular flexibility index (Phi) is 5.69. The molecule has 29 heavy (non-hydrogen) atoms. The summed E-state index contributed by atoms with van der Waals surface area (Å²) in [4.78, 5) is 18.0. The maximum atomic E-state index is 12.9. The number of carbonyl (C=O) groups excluding carboxylic acids is 1. The lowest BCUT2D eigenvalue weighted by atomic mass is 10.1. The van der Waals surface area contributed by atoms with E-state index in [4.69, 9.17) is 14.2 Å². The Hall–Kier alpha value is -2.64. The summed E-state index contributed by atoms with van der Waals surface area (Å²) < 4.78 is 20.2. The molecular formula is C22H24N2O4S. The van der Waals surface area contributed by atoms with Gasteiger partial charge in [0.05, 0.1) is 16.8 Å². The third kappa shape index (κ3) is 4.06. The molecule has 6 nitrogen and oxygen atoms in total. The van der Waals surface area contributed by atoms with E-state index in [1.54, 1.807) is 6.07 Å². The number of benzene rings is 2. The Morgan fingerprint density at radius 2 is 2.07 bits per heavy atom. The standard InChI is InChI=1S/C22H24N2O4S/c1-4-26-10-9-24-20-15(3)11-14(2)12-19(20)29-22(24)23-21(25)18-13-27-16-7-5-6-8-17(16)28-18/h5-8,11-12,18H,4,9-10,13H2,1-3H3. The van der Waals surface area contributed by atoms with Gasteiger partial charge in [-0.05, 0) is 50.1 Å². The predicted octanol–water partition coefficient (Wildman–Crippen LogP) is 3.62. The molecule has 1 aromatic heterocycles. The maximum absolute atomic E-state index is 12.9. The molecule has 7 heteroatoms. The molecule has 1 aliphatic heterocycles. The van der Waals surface area contributed by atoms with Crippen molar-refractivity contribution in [1.29, 1.82) is 0 Å². The van der Waals surface area contributed by atoms with Gasteiger partial charge in [-0.1, -0.05) is 29.5 Å². The first-order chi connectivity index (χ1) is 14.1. The van der Waals surface area contributed by atoms with Gasteiger partial charge in [0.2, 0.25) is 6.10 Å². The van der Waals surface area contributed by atoms with E-state index in [1.807, 2.05) is 25.1 Å². The smallest absolute Gasteiger partial charge is 0.292 e. The summed E-state index contributed by atoms with van der Waals surface area (Å²) in [5.74, 6) is 0.876. The van der Waals surface area contributed by atoms with Crippen LogP contribution in [0, 0.1) is 13.8 Å². The normalized spacial score (nSPS) is 16.4. The molecule has 1 atom stereocenters. The highest BCUT2D eigenvalue weighted by atomic mass is 32.1. The van der Waals surface area contributed by atoms with Gasteiger partial charge < -0.3 is 18.8 Å². The molecule has 0 spiro atoms. The zero-order valence-corrected chi connectivity index (χ0v) is 17.6. The summed E-state index contributed by atoms with van der Waals surface area (Å²) in [7, 11) is 0. The lowest BCUT2D eigenvalue weighted by Gasteiger charge is -2.23. The molecule has 0 saturated heterocycles. The topological polar surface area (TPSA) is 62.1 Å². The highest BCUT2D eigenvalue weighted by Gasteiger charge is 2.27. The zero-order chi connectivity index (χ0) is 20.4. The van der Waals surface area contributed by atoms with Crippen molar-refractivity contribution in [2.24, 2.45) is 4.99 Å². The van der Waals surface area contributed by atoms with Crippen molar-refractivity contribution < 1.29 is 19.0 Å². The SMILES string of the molecule is CCOCCn1c(=NC(=O)C2COc3ccccc3O2)sc2cc(C)cc(C)c21. The second-order valence-electron chi connectivity index (χ2n) is 6.98. The number of rotatable bonds is 5. The Labute approximate surface area is 173 Å². The average molecular weight is 413 g/mol. The first-order valence-corrected chi connectivity index (χ1v) is 10.5. The quantitative estimate of drug-likeness (QED) is 0.601. The van der Waals surface area contributed by atoms with Gasteiger partial charge >= 0.3 is 0 Å². The van der Waals surface area contributed by atoms with Crippen LogP contribution in [-0.2, 0) is 16.1 Å². The predicted molar refractivity (Wildman–Crippen MR) is 113 cm³/mol. The van der Waals surface area contributed by atoms with E-state index in [1.165, 1.54) is 16.9 Å². The number of fused-ring (bicyclic) bond motifs is 2. The maximum Gasteiger partial charge on any atom is 0.292 e. The van der Waals surface area contributed by atoms with Crippen molar-refractivity contribution in [3.63, 3.8) is 0 Å². The Balaban J connectivity index is 1.70. The molecule has 0 radical (unpaired) electrons. The van der Waals surface area contributed by atoms with Gasteiger partial charge in [-0.15, -0.1) is 0 Å². The summed E-state index contributed by atoms with van der Waals surface area (Å²) in [6, 6.07) is 11.6. The van der Waals surface area contributed by atoms with Crippen LogP contribution in [-0.4, -0.2) is 36.4 Å². The second-order valence-corrected chi connectivity index (χ2v) is 7.99. The minimum Gasteiger partial charge on any atom is -0.485 e. The van der Waals surface area contributed by atoms with Gasteiger partial charge in [-0.3, -0.25) is 4.79 Å². The van der Waals surface area contributed by atoms with Crippen molar-refractivity contribution in [2.75, 3.05) is 19.8 Å². The molecule has 1 amide bonds. The minimum absolute atomic E-state index is 0.154. The van der Waals surface area contributed by atoms with Crippen molar-refractivity contribution in [2.45, 2.75) is 33.4 Å². The molecule has 2 aromatic carbocycles. The summed E-state index contributed by atoms with van der Waals surface area (Å²) in [5.41, 5.74) is 3.44. The Morgan fingerprint density at radius 3 is 2.86 bits per heavy atom. The van der Waals surface area contributed by atoms with Crippen LogP contribution in [0.4, 0.5) is 0 Å². The number of carbonyl (C=O) groups is 1. The molecule has 3 aromatic rings. The number of hydrogen-bond acceptors (Lipinski definition) is 5. The number of hydrogen-bond donors (Lipinski definition) is 0. The van der Waals surface area contributed by atoms with Crippen LogP contribution in [0.1, 0.15) is 18.1 Å². The summed E-state index contributed by atoms with van der Waals surface area (Å²) in [6.07, 6.45) is -0.752. The van der Waals surface area contributed by atoms with E-state index in [2.05, 4.69) is 35.5 Å². The third-order valence-electron chi connectivity index (χ3n) is 4.77. The summed E-state index contributed by atoms with van der Waals surface area (Å²) >= 11 is 1.51. The van der Waals surface area contributed by atoms with Gasteiger partial charge in [0.1, 0.15) is 6.61 Å². The number of para-hydroxylation sites is 2. The highest BCUT2D eigenvalue weighted by molar-refractivity contribution is 7.16. The zero-order valence-electron chi connectivity index (χ0n) is 16.8. The number of aryl methyl sites for hydroxylation is 2. The Morgan fingerprint density at radius 1 is 1.28 bits per heavy atom. The van der Waals surface area contributed by atoms with Gasteiger partial charge in [0, 0.05) is 13.2 Å². The van der Waals surface area contributed by atoms with Gasteiger partial charge in [0.15, 0.2) is 16.3 Å². The van der Waals surface area contributed by atoms with E-state index < -0.39 is 6.10 Å². The minimum atomic E-state index is -0.752. The fourth-order valence-electron chi connectivity index (χ4n) is 3.49. The molecule has 152 valence electrons. The molecule has 0 fully saturated rings. The van der Waals surface area contributed by atoms with Crippen molar-refractivity contribution in [3.05, 3.63) is 52.3 Å². The molecule has 0 saturated carbocycles. The van der Waals surface area contributed by atoms with Crippen LogP contribution in [0.15, 0.2) is 41.4 Å². The van der Waals surface area contributed by atoms with Crippen LogP contribution in [0.2, 0.25) is 0 Å². The first-order valence-electron chi connectivity index (χ1n) is 9.72. The van der Waals surface area contributed by atoms with Crippen LogP contribution < -0.4 is 14.3 Å². The molecule has 0 N–H and O–H groups in total. The van der Waals surface area contributed by atoms with Crippen LogP contribution in [0.3, 0.4) is 0 Å². The van der Waals surface area contributed by atoms with Gasteiger partial charge in [0.25, 0.3) is 5.91 Å². The Bertz CT molecular complexity index is 1120. The average Bonchev–Trinajstić information content (AvgIpc) is 3.04. The van der Waals surface area contributed by atoms with Crippen molar-refractivity contribution in [3.8, 4) is 11.5 Å². The van der Waals surface area contributed by atoms with E-state index in [0.29, 0.717) is 36.1 Å². The van der Waals surface area contributed by atoms with Crippen LogP contribution in [0.25, 0.3) is 10.2 Å². The van der Waals surface area contributed by atoms with Gasteiger partial charge in [-0.2, -0.15) is 4.99 Å². The van der Waals surface area contributed by atoms with Gasteiger partial charge in [-0.25, -0.2) is 0 Å².